The minimum Gasteiger partial charge on any atom is -0.508 e. The summed E-state index contributed by atoms with van der Waals surface area (Å²) in [4.78, 5) is 21.9. The Hall–Kier alpha value is -3.13. The van der Waals surface area contributed by atoms with E-state index in [0.29, 0.717) is 25.2 Å². The van der Waals surface area contributed by atoms with Gasteiger partial charge < -0.3 is 20.3 Å². The molecule has 26 heavy (non-hydrogen) atoms. The molecule has 0 heterocycles. The standard InChI is InChI=1S/C18H20N2O6/c19-17(12-13-2-6-15(21)7-3-13)18(22)26-11-1-10-25-16-8-4-14(5-9-16)20(23)24/h2-9,17,21H,1,10-12,19H2. The van der Waals surface area contributed by atoms with Crippen LogP contribution in [0.4, 0.5) is 5.69 Å². The maximum atomic E-state index is 11.8. The van der Waals surface area contributed by atoms with Gasteiger partial charge in [-0.3, -0.25) is 14.9 Å². The van der Waals surface area contributed by atoms with E-state index in [1.807, 2.05) is 0 Å². The number of hydrogen-bond acceptors (Lipinski definition) is 7. The molecule has 2 aromatic rings. The van der Waals surface area contributed by atoms with Crippen LogP contribution in [0.3, 0.4) is 0 Å². The molecule has 0 aliphatic rings. The Bertz CT molecular complexity index is 730. The van der Waals surface area contributed by atoms with Crippen LogP contribution in [-0.2, 0) is 16.0 Å². The first-order chi connectivity index (χ1) is 12.5. The van der Waals surface area contributed by atoms with Crippen molar-refractivity contribution in [3.63, 3.8) is 0 Å². The number of hydrogen-bond donors (Lipinski definition) is 2. The predicted molar refractivity (Wildman–Crippen MR) is 94.0 cm³/mol. The van der Waals surface area contributed by atoms with E-state index in [1.165, 1.54) is 36.4 Å². The lowest BCUT2D eigenvalue weighted by Crippen LogP contribution is -2.34. The summed E-state index contributed by atoms with van der Waals surface area (Å²) in [6, 6.07) is 11.4. The number of non-ortho nitro benzene ring substituents is 1. The van der Waals surface area contributed by atoms with Gasteiger partial charge in [0.15, 0.2) is 0 Å². The number of aromatic hydroxyl groups is 1. The number of carbonyl (C=O) groups excluding carboxylic acids is 1. The van der Waals surface area contributed by atoms with Crippen LogP contribution in [0.15, 0.2) is 48.5 Å². The molecular weight excluding hydrogens is 340 g/mol. The molecule has 0 saturated heterocycles. The van der Waals surface area contributed by atoms with Crippen LogP contribution in [0.2, 0.25) is 0 Å². The van der Waals surface area contributed by atoms with Gasteiger partial charge in [-0.15, -0.1) is 0 Å². The molecule has 8 nitrogen and oxygen atoms in total. The molecule has 0 saturated carbocycles. The van der Waals surface area contributed by atoms with Crippen LogP contribution in [-0.4, -0.2) is 35.3 Å². The molecule has 0 fully saturated rings. The Labute approximate surface area is 150 Å². The number of phenols is 1. The molecule has 0 aliphatic heterocycles. The van der Waals surface area contributed by atoms with Crippen molar-refractivity contribution in [3.05, 3.63) is 64.2 Å². The number of esters is 1. The van der Waals surface area contributed by atoms with Gasteiger partial charge >= 0.3 is 5.97 Å². The van der Waals surface area contributed by atoms with Crippen molar-refractivity contribution in [2.24, 2.45) is 5.73 Å². The summed E-state index contributed by atoms with van der Waals surface area (Å²) < 4.78 is 10.5. The van der Waals surface area contributed by atoms with E-state index < -0.39 is 16.9 Å². The highest BCUT2D eigenvalue weighted by molar-refractivity contribution is 5.75. The zero-order valence-electron chi connectivity index (χ0n) is 14.0. The molecule has 3 N–H and O–H groups in total. The van der Waals surface area contributed by atoms with Gasteiger partial charge in [-0.25, -0.2) is 0 Å². The summed E-state index contributed by atoms with van der Waals surface area (Å²) >= 11 is 0. The fourth-order valence-corrected chi connectivity index (χ4v) is 2.16. The van der Waals surface area contributed by atoms with Gasteiger partial charge in [0.05, 0.1) is 18.1 Å². The number of nitro groups is 1. The van der Waals surface area contributed by atoms with Crippen LogP contribution >= 0.6 is 0 Å². The van der Waals surface area contributed by atoms with Gasteiger partial charge in [-0.2, -0.15) is 0 Å². The highest BCUT2D eigenvalue weighted by atomic mass is 16.6. The summed E-state index contributed by atoms with van der Waals surface area (Å²) in [5.74, 6) is 0.150. The van der Waals surface area contributed by atoms with Crippen molar-refractivity contribution >= 4 is 11.7 Å². The molecule has 0 amide bonds. The van der Waals surface area contributed by atoms with Gasteiger partial charge in [-0.1, -0.05) is 12.1 Å². The summed E-state index contributed by atoms with van der Waals surface area (Å²) in [5.41, 5.74) is 6.63. The summed E-state index contributed by atoms with van der Waals surface area (Å²) in [6.45, 7) is 0.466. The van der Waals surface area contributed by atoms with Gasteiger partial charge in [0.2, 0.25) is 0 Å². The Morgan fingerprint density at radius 3 is 2.38 bits per heavy atom. The number of benzene rings is 2. The first-order valence-corrected chi connectivity index (χ1v) is 8.03. The van der Waals surface area contributed by atoms with Crippen molar-refractivity contribution in [1.82, 2.24) is 0 Å². The van der Waals surface area contributed by atoms with Gasteiger partial charge in [-0.05, 0) is 36.2 Å². The Morgan fingerprint density at radius 2 is 1.77 bits per heavy atom. The fourth-order valence-electron chi connectivity index (χ4n) is 2.16. The SMILES string of the molecule is NC(Cc1ccc(O)cc1)C(=O)OCCCOc1ccc([N+](=O)[O-])cc1. The van der Waals surface area contributed by atoms with E-state index in [0.717, 1.165) is 5.56 Å². The Morgan fingerprint density at radius 1 is 1.12 bits per heavy atom. The molecule has 0 radical (unpaired) electrons. The zero-order chi connectivity index (χ0) is 18.9. The number of ether oxygens (including phenoxy) is 2. The molecule has 2 rings (SSSR count). The second kappa shape index (κ2) is 9.38. The predicted octanol–water partition coefficient (Wildman–Crippen LogP) is 2.18. The quantitative estimate of drug-likeness (QED) is 0.304. The Balaban J connectivity index is 1.64. The third-order valence-electron chi connectivity index (χ3n) is 3.54. The molecular formula is C18H20N2O6. The van der Waals surface area contributed by atoms with Crippen molar-refractivity contribution in [3.8, 4) is 11.5 Å². The lowest BCUT2D eigenvalue weighted by Gasteiger charge is -2.12. The lowest BCUT2D eigenvalue weighted by molar-refractivity contribution is -0.384. The number of phenolic OH excluding ortho intramolecular Hbond substituents is 1. The maximum absolute atomic E-state index is 11.8. The fraction of sp³-hybridized carbons (Fsp3) is 0.278. The first kappa shape index (κ1) is 19.2. The van der Waals surface area contributed by atoms with E-state index in [1.54, 1.807) is 12.1 Å². The van der Waals surface area contributed by atoms with Crippen LogP contribution in [0.25, 0.3) is 0 Å². The molecule has 1 atom stereocenters. The van der Waals surface area contributed by atoms with Gasteiger partial charge in [0, 0.05) is 18.6 Å². The number of rotatable bonds is 9. The van der Waals surface area contributed by atoms with E-state index in [2.05, 4.69) is 0 Å². The normalized spacial score (nSPS) is 11.6. The monoisotopic (exact) mass is 360 g/mol. The first-order valence-electron chi connectivity index (χ1n) is 8.03. The second-order valence-corrected chi connectivity index (χ2v) is 5.60. The average Bonchev–Trinajstić information content (AvgIpc) is 2.63. The smallest absolute Gasteiger partial charge is 0.323 e. The summed E-state index contributed by atoms with van der Waals surface area (Å²) in [5, 5.41) is 19.8. The maximum Gasteiger partial charge on any atom is 0.323 e. The van der Waals surface area contributed by atoms with E-state index in [9.17, 15) is 20.0 Å². The van der Waals surface area contributed by atoms with Crippen LogP contribution < -0.4 is 10.5 Å². The highest BCUT2D eigenvalue weighted by Crippen LogP contribution is 2.17. The van der Waals surface area contributed by atoms with Crippen LogP contribution in [0, 0.1) is 10.1 Å². The molecule has 0 spiro atoms. The van der Waals surface area contributed by atoms with E-state index >= 15 is 0 Å². The van der Waals surface area contributed by atoms with Crippen LogP contribution in [0.1, 0.15) is 12.0 Å². The minimum absolute atomic E-state index is 0.00565. The lowest BCUT2D eigenvalue weighted by atomic mass is 10.1. The summed E-state index contributed by atoms with van der Waals surface area (Å²) in [7, 11) is 0. The molecule has 0 aromatic heterocycles. The summed E-state index contributed by atoms with van der Waals surface area (Å²) in [6.07, 6.45) is 0.785. The minimum atomic E-state index is -0.782. The average molecular weight is 360 g/mol. The van der Waals surface area contributed by atoms with Crippen molar-refractivity contribution < 1.29 is 24.3 Å². The number of carbonyl (C=O) groups is 1. The molecule has 138 valence electrons. The van der Waals surface area contributed by atoms with Crippen LogP contribution in [0.5, 0.6) is 11.5 Å². The molecule has 0 aliphatic carbocycles. The second-order valence-electron chi connectivity index (χ2n) is 5.60. The zero-order valence-corrected chi connectivity index (χ0v) is 14.0. The Kier molecular flexibility index (Phi) is 6.92. The molecule has 1 unspecified atom stereocenters. The van der Waals surface area contributed by atoms with E-state index in [-0.39, 0.29) is 18.0 Å². The third kappa shape index (κ3) is 6.06. The molecule has 0 bridgehead atoms. The number of nitrogens with two attached hydrogens (primary N) is 1. The third-order valence-corrected chi connectivity index (χ3v) is 3.54. The number of nitro benzene ring substituents is 1. The van der Waals surface area contributed by atoms with Crippen molar-refractivity contribution in [2.45, 2.75) is 18.9 Å². The molecule has 8 heteroatoms. The van der Waals surface area contributed by atoms with E-state index in [4.69, 9.17) is 15.2 Å². The molecule has 2 aromatic carbocycles. The van der Waals surface area contributed by atoms with Crippen molar-refractivity contribution in [1.29, 1.82) is 0 Å². The highest BCUT2D eigenvalue weighted by Gasteiger charge is 2.15. The van der Waals surface area contributed by atoms with Gasteiger partial charge in [0.25, 0.3) is 5.69 Å². The largest absolute Gasteiger partial charge is 0.508 e. The van der Waals surface area contributed by atoms with Gasteiger partial charge in [0.1, 0.15) is 17.5 Å². The van der Waals surface area contributed by atoms with Crippen molar-refractivity contribution in [2.75, 3.05) is 13.2 Å². The number of nitrogens with zero attached hydrogens (tertiary/aromatic N) is 1. The topological polar surface area (TPSA) is 125 Å².